The van der Waals surface area contributed by atoms with Crippen molar-refractivity contribution in [3.8, 4) is 0 Å². The van der Waals surface area contributed by atoms with E-state index in [0.29, 0.717) is 19.4 Å². The van der Waals surface area contributed by atoms with E-state index in [1.165, 1.54) is 0 Å². The molecule has 1 aliphatic rings. The number of carbonyl (C=O) groups excluding carboxylic acids is 4. The van der Waals surface area contributed by atoms with Crippen molar-refractivity contribution in [2.45, 2.75) is 64.2 Å². The fourth-order valence-electron chi connectivity index (χ4n) is 2.15. The Balaban J connectivity index is 2.42. The third-order valence-electron chi connectivity index (χ3n) is 3.45. The molecule has 20 heavy (non-hydrogen) atoms. The van der Waals surface area contributed by atoms with E-state index < -0.39 is 0 Å². The van der Waals surface area contributed by atoms with Crippen LogP contribution < -0.4 is 5.32 Å². The molecule has 112 valence electrons. The van der Waals surface area contributed by atoms with Crippen LogP contribution >= 0.6 is 0 Å². The summed E-state index contributed by atoms with van der Waals surface area (Å²) in [5.74, 6) is 0.00780. The van der Waals surface area contributed by atoms with Gasteiger partial charge in [0.1, 0.15) is 17.3 Å². The number of Topliss-reactive ketones (excluding diaryl/α,β-unsaturated/α-hetero) is 3. The molecule has 0 saturated carbocycles. The molecule has 0 spiro atoms. The molecule has 0 atom stereocenters. The molecule has 1 fully saturated rings. The summed E-state index contributed by atoms with van der Waals surface area (Å²) >= 11 is 0. The lowest BCUT2D eigenvalue weighted by molar-refractivity contribution is -0.126. The second-order valence-electron chi connectivity index (χ2n) is 5.28. The van der Waals surface area contributed by atoms with Gasteiger partial charge in [0.05, 0.1) is 0 Å². The summed E-state index contributed by atoms with van der Waals surface area (Å²) in [5, 5.41) is 2.70. The van der Waals surface area contributed by atoms with Gasteiger partial charge in [0.15, 0.2) is 0 Å². The zero-order chi connectivity index (χ0) is 14.8. The van der Waals surface area contributed by atoms with E-state index in [-0.39, 0.29) is 55.4 Å². The molecule has 0 aromatic carbocycles. The number of hydrogen-bond acceptors (Lipinski definition) is 4. The van der Waals surface area contributed by atoms with Crippen LogP contribution in [0.3, 0.4) is 0 Å². The van der Waals surface area contributed by atoms with Gasteiger partial charge in [-0.15, -0.1) is 0 Å². The first kappa shape index (κ1) is 16.5. The van der Waals surface area contributed by atoms with Crippen LogP contribution in [0, 0.1) is 0 Å². The molecule has 1 aliphatic heterocycles. The molecule has 1 amide bonds. The standard InChI is InChI=1S/C15H23NO4/c17-12-4-2-1-3-5-15(20)16-11-10-14(19)9-8-13(18)7-6-12/h1-11H2,(H,16,20). The minimum Gasteiger partial charge on any atom is -0.356 e. The smallest absolute Gasteiger partial charge is 0.220 e. The van der Waals surface area contributed by atoms with E-state index in [9.17, 15) is 19.2 Å². The minimum atomic E-state index is -0.0488. The summed E-state index contributed by atoms with van der Waals surface area (Å²) in [6.07, 6.45) is 4.53. The van der Waals surface area contributed by atoms with E-state index >= 15 is 0 Å². The first-order valence-corrected chi connectivity index (χ1v) is 7.39. The Morgan fingerprint density at radius 3 is 1.70 bits per heavy atom. The largest absolute Gasteiger partial charge is 0.356 e. The maximum Gasteiger partial charge on any atom is 0.220 e. The lowest BCUT2D eigenvalue weighted by Crippen LogP contribution is -2.25. The molecular weight excluding hydrogens is 258 g/mol. The highest BCUT2D eigenvalue weighted by molar-refractivity contribution is 5.89. The van der Waals surface area contributed by atoms with Crippen LogP contribution in [0.5, 0.6) is 0 Å². The fraction of sp³-hybridized carbons (Fsp3) is 0.733. The summed E-state index contributed by atoms with van der Waals surface area (Å²) in [6, 6.07) is 0. The van der Waals surface area contributed by atoms with Crippen LogP contribution in [0.4, 0.5) is 0 Å². The average molecular weight is 281 g/mol. The Labute approximate surface area is 119 Å². The molecule has 0 radical (unpaired) electrons. The number of carbonyl (C=O) groups is 4. The monoisotopic (exact) mass is 281 g/mol. The highest BCUT2D eigenvalue weighted by atomic mass is 16.2. The van der Waals surface area contributed by atoms with Gasteiger partial charge in [0.2, 0.25) is 5.91 Å². The summed E-state index contributed by atoms with van der Waals surface area (Å²) in [7, 11) is 0. The van der Waals surface area contributed by atoms with Crippen molar-refractivity contribution in [1.29, 1.82) is 0 Å². The fourth-order valence-corrected chi connectivity index (χ4v) is 2.15. The van der Waals surface area contributed by atoms with Crippen molar-refractivity contribution in [2.24, 2.45) is 0 Å². The van der Waals surface area contributed by atoms with Crippen molar-refractivity contribution in [1.82, 2.24) is 5.32 Å². The number of amides is 1. The zero-order valence-corrected chi connectivity index (χ0v) is 11.9. The summed E-state index contributed by atoms with van der Waals surface area (Å²) < 4.78 is 0. The van der Waals surface area contributed by atoms with E-state index in [1.807, 2.05) is 0 Å². The Kier molecular flexibility index (Phi) is 7.77. The van der Waals surface area contributed by atoms with Gasteiger partial charge in [0.25, 0.3) is 0 Å². The van der Waals surface area contributed by atoms with Gasteiger partial charge < -0.3 is 5.32 Å². The molecule has 1 N–H and O–H groups in total. The molecule has 0 aromatic rings. The average Bonchev–Trinajstić information content (AvgIpc) is 2.41. The normalized spacial score (nSPS) is 21.6. The number of ketones is 3. The Morgan fingerprint density at radius 1 is 0.550 bits per heavy atom. The molecule has 0 aliphatic carbocycles. The summed E-state index contributed by atoms with van der Waals surface area (Å²) in [4.78, 5) is 46.1. The van der Waals surface area contributed by atoms with Crippen LogP contribution in [-0.4, -0.2) is 29.8 Å². The first-order valence-electron chi connectivity index (χ1n) is 7.39. The van der Waals surface area contributed by atoms with Gasteiger partial charge in [0, 0.05) is 51.5 Å². The van der Waals surface area contributed by atoms with Gasteiger partial charge in [-0.05, 0) is 12.8 Å². The van der Waals surface area contributed by atoms with Crippen molar-refractivity contribution in [2.75, 3.05) is 6.54 Å². The Morgan fingerprint density at radius 2 is 1.05 bits per heavy atom. The second-order valence-corrected chi connectivity index (χ2v) is 5.28. The van der Waals surface area contributed by atoms with E-state index in [1.54, 1.807) is 0 Å². The van der Waals surface area contributed by atoms with Crippen LogP contribution in [0.25, 0.3) is 0 Å². The van der Waals surface area contributed by atoms with Crippen molar-refractivity contribution in [3.63, 3.8) is 0 Å². The molecular formula is C15H23NO4. The molecule has 1 saturated heterocycles. The van der Waals surface area contributed by atoms with Crippen molar-refractivity contribution < 1.29 is 19.2 Å². The van der Waals surface area contributed by atoms with Crippen LogP contribution in [-0.2, 0) is 19.2 Å². The third kappa shape index (κ3) is 7.81. The SMILES string of the molecule is O=C1CCCCCC(=O)NCCC(=O)CCC(=O)CC1. The van der Waals surface area contributed by atoms with E-state index in [4.69, 9.17) is 0 Å². The number of hydrogen-bond donors (Lipinski definition) is 1. The highest BCUT2D eigenvalue weighted by Gasteiger charge is 2.11. The molecule has 1 rings (SSSR count). The predicted octanol–water partition coefficient (Wildman–Crippen LogP) is 1.72. The van der Waals surface area contributed by atoms with Crippen molar-refractivity contribution >= 4 is 23.3 Å². The second kappa shape index (κ2) is 9.39. The van der Waals surface area contributed by atoms with E-state index in [2.05, 4.69) is 5.32 Å². The third-order valence-corrected chi connectivity index (χ3v) is 3.45. The van der Waals surface area contributed by atoms with Gasteiger partial charge in [-0.1, -0.05) is 6.42 Å². The Hall–Kier alpha value is -1.52. The molecule has 5 nitrogen and oxygen atoms in total. The quantitative estimate of drug-likeness (QED) is 0.733. The molecule has 0 unspecified atom stereocenters. The van der Waals surface area contributed by atoms with Gasteiger partial charge in [-0.3, -0.25) is 19.2 Å². The lowest BCUT2D eigenvalue weighted by atomic mass is 10.0. The Bertz CT molecular complexity index is 376. The minimum absolute atomic E-state index is 0.0166. The molecule has 1 heterocycles. The summed E-state index contributed by atoms with van der Waals surface area (Å²) in [6.45, 7) is 0.352. The first-order chi connectivity index (χ1) is 9.58. The highest BCUT2D eigenvalue weighted by Crippen LogP contribution is 2.08. The summed E-state index contributed by atoms with van der Waals surface area (Å²) in [5.41, 5.74) is 0. The zero-order valence-electron chi connectivity index (χ0n) is 11.9. The van der Waals surface area contributed by atoms with Crippen LogP contribution in [0.2, 0.25) is 0 Å². The van der Waals surface area contributed by atoms with Crippen molar-refractivity contribution in [3.05, 3.63) is 0 Å². The maximum absolute atomic E-state index is 11.6. The number of nitrogens with one attached hydrogen (secondary N) is 1. The lowest BCUT2D eigenvalue weighted by Gasteiger charge is -2.06. The van der Waals surface area contributed by atoms with Gasteiger partial charge >= 0.3 is 0 Å². The van der Waals surface area contributed by atoms with Crippen LogP contribution in [0.1, 0.15) is 64.2 Å². The van der Waals surface area contributed by atoms with Gasteiger partial charge in [-0.2, -0.15) is 0 Å². The molecule has 0 aromatic heterocycles. The van der Waals surface area contributed by atoms with Gasteiger partial charge in [-0.25, -0.2) is 0 Å². The number of rotatable bonds is 0. The maximum atomic E-state index is 11.6. The topological polar surface area (TPSA) is 80.3 Å². The predicted molar refractivity (Wildman–Crippen MR) is 74.2 cm³/mol. The molecule has 0 bridgehead atoms. The van der Waals surface area contributed by atoms with Crippen LogP contribution in [0.15, 0.2) is 0 Å². The molecule has 5 heteroatoms. The van der Waals surface area contributed by atoms with E-state index in [0.717, 1.165) is 19.3 Å².